The van der Waals surface area contributed by atoms with Gasteiger partial charge < -0.3 is 4.74 Å². The number of amidine groups is 1. The summed E-state index contributed by atoms with van der Waals surface area (Å²) in [7, 11) is 0. The van der Waals surface area contributed by atoms with Crippen molar-refractivity contribution in [2.45, 2.75) is 103 Å². The molecule has 0 aromatic heterocycles. The fourth-order valence-corrected chi connectivity index (χ4v) is 5.82. The molecule has 2 aliphatic carbocycles. The number of rotatable bonds is 6. The largest absolute Gasteiger partial charge is 0.491 e. The Labute approximate surface area is 191 Å². The number of amides is 1. The highest BCUT2D eigenvalue weighted by atomic mass is 32.2. The molecule has 0 bridgehead atoms. The molecular formula is C26H36N2O2S. The third-order valence-electron chi connectivity index (χ3n) is 6.73. The molecule has 0 N–H and O–H groups in total. The van der Waals surface area contributed by atoms with Crippen LogP contribution in [0.5, 0.6) is 5.75 Å². The van der Waals surface area contributed by atoms with E-state index in [1.165, 1.54) is 38.5 Å². The summed E-state index contributed by atoms with van der Waals surface area (Å²) in [6.45, 7) is 4.20. The van der Waals surface area contributed by atoms with E-state index in [0.29, 0.717) is 12.1 Å². The maximum Gasteiger partial charge on any atom is 0.266 e. The third kappa shape index (κ3) is 5.74. The highest BCUT2D eigenvalue weighted by Crippen LogP contribution is 2.38. The number of carbonyl (C=O) groups is 1. The SMILES string of the molecule is CCC(C)Oc1ccc(C=C2SC(=NC3CCCCC3)N(C3CCCCC3)C2=O)cc1. The first kappa shape index (κ1) is 22.4. The Kier molecular flexibility index (Phi) is 7.76. The van der Waals surface area contributed by atoms with E-state index in [-0.39, 0.29) is 12.0 Å². The average Bonchev–Trinajstić information content (AvgIpc) is 3.10. The quantitative estimate of drug-likeness (QED) is 0.457. The number of hydrogen-bond donors (Lipinski definition) is 0. The van der Waals surface area contributed by atoms with Crippen molar-refractivity contribution in [3.63, 3.8) is 0 Å². The van der Waals surface area contributed by atoms with Crippen molar-refractivity contribution in [2.24, 2.45) is 4.99 Å². The molecule has 1 saturated heterocycles. The van der Waals surface area contributed by atoms with Crippen LogP contribution in [-0.4, -0.2) is 34.2 Å². The summed E-state index contributed by atoms with van der Waals surface area (Å²) in [5, 5.41) is 0.951. The first-order valence-corrected chi connectivity index (χ1v) is 13.0. The molecule has 1 unspecified atom stereocenters. The lowest BCUT2D eigenvalue weighted by atomic mass is 9.94. The minimum absolute atomic E-state index is 0.145. The van der Waals surface area contributed by atoms with E-state index in [1.807, 2.05) is 35.2 Å². The Bertz CT molecular complexity index is 805. The van der Waals surface area contributed by atoms with Crippen molar-refractivity contribution in [3.05, 3.63) is 34.7 Å². The molecule has 5 heteroatoms. The van der Waals surface area contributed by atoms with Gasteiger partial charge in [-0.3, -0.25) is 14.7 Å². The molecule has 0 radical (unpaired) electrons. The third-order valence-corrected chi connectivity index (χ3v) is 7.73. The molecule has 168 valence electrons. The highest BCUT2D eigenvalue weighted by molar-refractivity contribution is 8.18. The van der Waals surface area contributed by atoms with E-state index in [9.17, 15) is 4.79 Å². The molecule has 1 heterocycles. The smallest absolute Gasteiger partial charge is 0.266 e. The zero-order valence-corrected chi connectivity index (χ0v) is 19.8. The molecule has 1 aromatic rings. The predicted octanol–water partition coefficient (Wildman–Crippen LogP) is 6.80. The molecule has 1 aromatic carbocycles. The second-order valence-electron chi connectivity index (χ2n) is 9.19. The van der Waals surface area contributed by atoms with Gasteiger partial charge in [-0.25, -0.2) is 0 Å². The van der Waals surface area contributed by atoms with E-state index in [0.717, 1.165) is 53.5 Å². The number of aliphatic imine (C=N–C) groups is 1. The van der Waals surface area contributed by atoms with Crippen LogP contribution in [0.2, 0.25) is 0 Å². The fourth-order valence-electron chi connectivity index (χ4n) is 4.71. The summed E-state index contributed by atoms with van der Waals surface area (Å²) < 4.78 is 5.89. The summed E-state index contributed by atoms with van der Waals surface area (Å²) in [6, 6.07) is 8.77. The molecular weight excluding hydrogens is 404 g/mol. The van der Waals surface area contributed by atoms with Gasteiger partial charge in [-0.2, -0.15) is 0 Å². The standard InChI is InChI=1S/C26H36N2O2S/c1-3-19(2)30-23-16-14-20(15-17-23)18-24-25(29)28(22-12-8-5-9-13-22)26(31-24)27-21-10-6-4-7-11-21/h14-19,21-22H,3-13H2,1-2H3. The van der Waals surface area contributed by atoms with Crippen LogP contribution in [0.4, 0.5) is 0 Å². The van der Waals surface area contributed by atoms with Crippen molar-refractivity contribution in [2.75, 3.05) is 0 Å². The van der Waals surface area contributed by atoms with Gasteiger partial charge in [0.05, 0.1) is 17.1 Å². The number of nitrogens with zero attached hydrogens (tertiary/aromatic N) is 2. The Hall–Kier alpha value is -1.75. The number of benzene rings is 1. The zero-order chi connectivity index (χ0) is 21.6. The second-order valence-corrected chi connectivity index (χ2v) is 10.2. The van der Waals surface area contributed by atoms with Gasteiger partial charge in [0, 0.05) is 6.04 Å². The van der Waals surface area contributed by atoms with E-state index in [2.05, 4.69) is 13.8 Å². The lowest BCUT2D eigenvalue weighted by Gasteiger charge is -2.31. The van der Waals surface area contributed by atoms with Crippen LogP contribution in [0.3, 0.4) is 0 Å². The van der Waals surface area contributed by atoms with Crippen LogP contribution >= 0.6 is 11.8 Å². The molecule has 1 amide bonds. The van der Waals surface area contributed by atoms with E-state index >= 15 is 0 Å². The van der Waals surface area contributed by atoms with E-state index in [1.54, 1.807) is 11.8 Å². The van der Waals surface area contributed by atoms with Crippen molar-refractivity contribution in [1.29, 1.82) is 0 Å². The van der Waals surface area contributed by atoms with Gasteiger partial charge in [-0.1, -0.05) is 57.6 Å². The van der Waals surface area contributed by atoms with Gasteiger partial charge in [-0.15, -0.1) is 0 Å². The summed E-state index contributed by atoms with van der Waals surface area (Å²) in [5.41, 5.74) is 1.04. The number of thioether (sulfide) groups is 1. The lowest BCUT2D eigenvalue weighted by Crippen LogP contribution is -2.41. The lowest BCUT2D eigenvalue weighted by molar-refractivity contribution is -0.124. The minimum Gasteiger partial charge on any atom is -0.491 e. The summed E-state index contributed by atoms with van der Waals surface area (Å²) in [5.74, 6) is 1.02. The minimum atomic E-state index is 0.145. The van der Waals surface area contributed by atoms with Gasteiger partial charge in [0.2, 0.25) is 0 Å². The Morgan fingerprint density at radius 2 is 1.71 bits per heavy atom. The van der Waals surface area contributed by atoms with Crippen LogP contribution in [0, 0.1) is 0 Å². The summed E-state index contributed by atoms with van der Waals surface area (Å²) >= 11 is 1.58. The first-order chi connectivity index (χ1) is 15.1. The monoisotopic (exact) mass is 440 g/mol. The molecule has 4 nitrogen and oxygen atoms in total. The van der Waals surface area contributed by atoms with Crippen molar-refractivity contribution < 1.29 is 9.53 Å². The zero-order valence-electron chi connectivity index (χ0n) is 19.0. The number of carbonyl (C=O) groups excluding carboxylic acids is 1. The van der Waals surface area contributed by atoms with Crippen molar-refractivity contribution in [3.8, 4) is 5.75 Å². The summed E-state index contributed by atoms with van der Waals surface area (Å²) in [4.78, 5) is 21.4. The van der Waals surface area contributed by atoms with E-state index < -0.39 is 0 Å². The second kappa shape index (κ2) is 10.7. The van der Waals surface area contributed by atoms with Crippen LogP contribution in [-0.2, 0) is 4.79 Å². The van der Waals surface area contributed by atoms with Gasteiger partial charge in [0.1, 0.15) is 5.75 Å². The molecule has 3 aliphatic rings. The number of hydrogen-bond acceptors (Lipinski definition) is 4. The van der Waals surface area contributed by atoms with Crippen molar-refractivity contribution in [1.82, 2.24) is 4.90 Å². The van der Waals surface area contributed by atoms with Crippen LogP contribution < -0.4 is 4.74 Å². The Morgan fingerprint density at radius 1 is 1.06 bits per heavy atom. The van der Waals surface area contributed by atoms with Crippen molar-refractivity contribution >= 4 is 28.9 Å². The maximum absolute atomic E-state index is 13.4. The van der Waals surface area contributed by atoms with Crippen LogP contribution in [0.25, 0.3) is 6.08 Å². The normalized spacial score (nSPS) is 24.8. The van der Waals surface area contributed by atoms with Gasteiger partial charge in [0.15, 0.2) is 5.17 Å². The number of ether oxygens (including phenoxy) is 1. The molecule has 4 rings (SSSR count). The fraction of sp³-hybridized carbons (Fsp3) is 0.615. The van der Waals surface area contributed by atoms with Gasteiger partial charge in [0.25, 0.3) is 5.91 Å². The van der Waals surface area contributed by atoms with Crippen LogP contribution in [0.15, 0.2) is 34.2 Å². The molecule has 2 saturated carbocycles. The Balaban J connectivity index is 1.54. The highest BCUT2D eigenvalue weighted by Gasteiger charge is 2.39. The maximum atomic E-state index is 13.4. The molecule has 3 fully saturated rings. The predicted molar refractivity (Wildman–Crippen MR) is 130 cm³/mol. The first-order valence-electron chi connectivity index (χ1n) is 12.2. The average molecular weight is 441 g/mol. The molecule has 1 aliphatic heterocycles. The molecule has 0 spiro atoms. The van der Waals surface area contributed by atoms with Gasteiger partial charge in [-0.05, 0) is 74.6 Å². The van der Waals surface area contributed by atoms with Crippen LogP contribution in [0.1, 0.15) is 90.0 Å². The van der Waals surface area contributed by atoms with E-state index in [4.69, 9.17) is 9.73 Å². The Morgan fingerprint density at radius 3 is 2.35 bits per heavy atom. The molecule has 1 atom stereocenters. The summed E-state index contributed by atoms with van der Waals surface area (Å²) in [6.07, 6.45) is 15.3. The van der Waals surface area contributed by atoms with Gasteiger partial charge >= 0.3 is 0 Å². The molecule has 31 heavy (non-hydrogen) atoms. The topological polar surface area (TPSA) is 41.9 Å².